The van der Waals surface area contributed by atoms with Crippen LogP contribution in [0.3, 0.4) is 0 Å². The Morgan fingerprint density at radius 3 is 2.13 bits per heavy atom. The van der Waals surface area contributed by atoms with Crippen LogP contribution in [0, 0.1) is 0 Å². The van der Waals surface area contributed by atoms with Crippen LogP contribution >= 0.6 is 0 Å². The number of rotatable bonds is 16. The summed E-state index contributed by atoms with van der Waals surface area (Å²) in [6.45, 7) is 6.50. The molecule has 0 saturated carbocycles. The van der Waals surface area contributed by atoms with Gasteiger partial charge in [0.1, 0.15) is 0 Å². The zero-order chi connectivity index (χ0) is 22.3. The molecule has 0 aliphatic carbocycles. The zero-order valence-electron chi connectivity index (χ0n) is 18.9. The molecule has 1 unspecified atom stereocenters. The predicted molar refractivity (Wildman–Crippen MR) is 122 cm³/mol. The number of aliphatic carboxylic acids is 1. The largest absolute Gasteiger partial charge is 0.490 e. The third-order valence-electron chi connectivity index (χ3n) is 5.19. The average Bonchev–Trinajstić information content (AvgIpc) is 2.79. The van der Waals surface area contributed by atoms with Gasteiger partial charge in [0.15, 0.2) is 11.6 Å². The van der Waals surface area contributed by atoms with Gasteiger partial charge in [0.2, 0.25) is 0 Å². The second-order valence-corrected chi connectivity index (χ2v) is 7.77. The summed E-state index contributed by atoms with van der Waals surface area (Å²) in [5, 5.41) is 9.49. The van der Waals surface area contributed by atoms with E-state index < -0.39 is 11.9 Å². The molecule has 1 N–H and O–H groups in total. The summed E-state index contributed by atoms with van der Waals surface area (Å²) in [4.78, 5) is 20.3. The molecule has 1 aromatic heterocycles. The maximum Gasteiger partial charge on any atom is 0.310 e. The molecule has 0 saturated heterocycles. The van der Waals surface area contributed by atoms with Crippen LogP contribution in [0.15, 0.2) is 36.7 Å². The molecule has 6 nitrogen and oxygen atoms in total. The maximum absolute atomic E-state index is 11.6. The molecule has 170 valence electrons. The normalized spacial score (nSPS) is 11.9. The van der Waals surface area contributed by atoms with Crippen LogP contribution in [-0.2, 0) is 9.53 Å². The van der Waals surface area contributed by atoms with Gasteiger partial charge in [-0.05, 0) is 31.2 Å². The number of hydrogen-bond acceptors (Lipinski definition) is 5. The lowest BCUT2D eigenvalue weighted by atomic mass is 9.93. The first kappa shape index (κ1) is 24.8. The van der Waals surface area contributed by atoms with E-state index in [1.807, 2.05) is 24.3 Å². The number of benzene rings is 1. The van der Waals surface area contributed by atoms with Gasteiger partial charge in [0.05, 0.1) is 24.9 Å². The molecule has 6 heteroatoms. The summed E-state index contributed by atoms with van der Waals surface area (Å²) >= 11 is 0. The van der Waals surface area contributed by atoms with E-state index in [-0.39, 0.29) is 0 Å². The van der Waals surface area contributed by atoms with Crippen molar-refractivity contribution in [2.75, 3.05) is 19.8 Å². The first-order valence-electron chi connectivity index (χ1n) is 11.5. The molecule has 0 spiro atoms. The lowest BCUT2D eigenvalue weighted by molar-refractivity contribution is -0.139. The van der Waals surface area contributed by atoms with E-state index in [0.717, 1.165) is 56.4 Å². The fourth-order valence-corrected chi connectivity index (χ4v) is 3.30. The summed E-state index contributed by atoms with van der Waals surface area (Å²) in [6.07, 6.45) is 11.4. The number of nitrogens with zero attached hydrogens (tertiary/aromatic N) is 2. The van der Waals surface area contributed by atoms with Crippen molar-refractivity contribution in [2.45, 2.75) is 71.1 Å². The van der Waals surface area contributed by atoms with Crippen molar-refractivity contribution in [3.63, 3.8) is 0 Å². The van der Waals surface area contributed by atoms with Gasteiger partial charge >= 0.3 is 5.97 Å². The van der Waals surface area contributed by atoms with E-state index in [1.165, 1.54) is 12.8 Å². The molecule has 1 heterocycles. The minimum Gasteiger partial charge on any atom is -0.490 e. The molecular formula is C25H36N2O4. The molecule has 1 aromatic carbocycles. The first-order valence-corrected chi connectivity index (χ1v) is 11.5. The summed E-state index contributed by atoms with van der Waals surface area (Å²) < 4.78 is 11.3. The second kappa shape index (κ2) is 14.5. The monoisotopic (exact) mass is 428 g/mol. The maximum atomic E-state index is 11.6. The van der Waals surface area contributed by atoms with E-state index >= 15 is 0 Å². The zero-order valence-corrected chi connectivity index (χ0v) is 18.9. The van der Waals surface area contributed by atoms with Gasteiger partial charge in [-0.1, -0.05) is 63.8 Å². The Bertz CT molecular complexity index is 747. The van der Waals surface area contributed by atoms with Gasteiger partial charge in [-0.15, -0.1) is 0 Å². The molecule has 0 bridgehead atoms. The van der Waals surface area contributed by atoms with Gasteiger partial charge < -0.3 is 14.6 Å². The first-order chi connectivity index (χ1) is 15.2. The van der Waals surface area contributed by atoms with Gasteiger partial charge in [0, 0.05) is 18.8 Å². The van der Waals surface area contributed by atoms with E-state index in [4.69, 9.17) is 9.47 Å². The van der Waals surface area contributed by atoms with Gasteiger partial charge in [-0.25, -0.2) is 9.97 Å². The third-order valence-corrected chi connectivity index (χ3v) is 5.19. The highest BCUT2D eigenvalue weighted by atomic mass is 16.5. The fraction of sp³-hybridized carbons (Fsp3) is 0.560. The Hall–Kier alpha value is -2.47. The van der Waals surface area contributed by atoms with Crippen molar-refractivity contribution in [1.82, 2.24) is 9.97 Å². The molecule has 31 heavy (non-hydrogen) atoms. The van der Waals surface area contributed by atoms with Crippen molar-refractivity contribution in [1.29, 1.82) is 0 Å². The number of unbranched alkanes of at least 4 members (excludes halogenated alkanes) is 4. The second-order valence-electron chi connectivity index (χ2n) is 7.77. The van der Waals surface area contributed by atoms with Crippen LogP contribution in [0.4, 0.5) is 0 Å². The van der Waals surface area contributed by atoms with Crippen molar-refractivity contribution in [3.8, 4) is 17.1 Å². The van der Waals surface area contributed by atoms with Crippen LogP contribution < -0.4 is 4.74 Å². The Kier molecular flexibility index (Phi) is 11.6. The molecule has 0 aliphatic rings. The Labute approximate surface area is 186 Å². The van der Waals surface area contributed by atoms with E-state index in [2.05, 4.69) is 23.8 Å². The molecule has 0 amide bonds. The topological polar surface area (TPSA) is 81.5 Å². The van der Waals surface area contributed by atoms with Gasteiger partial charge in [-0.3, -0.25) is 4.79 Å². The number of carbonyl (C=O) groups is 1. The van der Waals surface area contributed by atoms with Gasteiger partial charge in [0.25, 0.3) is 0 Å². The third kappa shape index (κ3) is 9.05. The summed E-state index contributed by atoms with van der Waals surface area (Å²) in [5.41, 5.74) is 1.68. The number of aromatic nitrogens is 2. The summed E-state index contributed by atoms with van der Waals surface area (Å²) in [6, 6.07) is 7.49. The quantitative estimate of drug-likeness (QED) is 0.337. The Morgan fingerprint density at radius 2 is 1.52 bits per heavy atom. The fourth-order valence-electron chi connectivity index (χ4n) is 3.30. The summed E-state index contributed by atoms with van der Waals surface area (Å²) in [7, 11) is 0. The standard InChI is InChI=1S/C25H36N2O4/c1-3-5-7-15-30-16-8-9-17-31-22-18-26-24(27-19-22)21-13-11-20(12-14-21)23(25(28)29)10-6-4-2/h11-14,18-19,23H,3-10,15-17H2,1-2H3,(H,28,29). The highest BCUT2D eigenvalue weighted by Gasteiger charge is 2.19. The highest BCUT2D eigenvalue weighted by Crippen LogP contribution is 2.25. The van der Waals surface area contributed by atoms with Crippen molar-refractivity contribution in [3.05, 3.63) is 42.2 Å². The van der Waals surface area contributed by atoms with Crippen LogP contribution in [0.25, 0.3) is 11.4 Å². The molecule has 2 aromatic rings. The van der Waals surface area contributed by atoms with E-state index in [0.29, 0.717) is 24.6 Å². The van der Waals surface area contributed by atoms with Crippen LogP contribution in [-0.4, -0.2) is 40.9 Å². The Balaban J connectivity index is 1.77. The molecule has 0 aliphatic heterocycles. The molecule has 1 atom stereocenters. The molecule has 0 fully saturated rings. The van der Waals surface area contributed by atoms with Gasteiger partial charge in [-0.2, -0.15) is 0 Å². The molecular weight excluding hydrogens is 392 g/mol. The highest BCUT2D eigenvalue weighted by molar-refractivity contribution is 5.76. The lowest BCUT2D eigenvalue weighted by Crippen LogP contribution is -2.11. The number of carboxylic acid groups (broad SMARTS) is 1. The smallest absolute Gasteiger partial charge is 0.310 e. The SMILES string of the molecule is CCCCCOCCCCOc1cnc(-c2ccc(C(CCCC)C(=O)O)cc2)nc1. The van der Waals surface area contributed by atoms with Crippen molar-refractivity contribution < 1.29 is 19.4 Å². The number of ether oxygens (including phenoxy) is 2. The number of hydrogen-bond donors (Lipinski definition) is 1. The van der Waals surface area contributed by atoms with Crippen LogP contribution in [0.1, 0.15) is 76.7 Å². The minimum atomic E-state index is -0.776. The molecule has 2 rings (SSSR count). The van der Waals surface area contributed by atoms with E-state index in [1.54, 1.807) is 12.4 Å². The lowest BCUT2D eigenvalue weighted by Gasteiger charge is -2.12. The van der Waals surface area contributed by atoms with Crippen molar-refractivity contribution in [2.24, 2.45) is 0 Å². The molecule has 0 radical (unpaired) electrons. The summed E-state index contributed by atoms with van der Waals surface area (Å²) in [5.74, 6) is 0.00370. The predicted octanol–water partition coefficient (Wildman–Crippen LogP) is 5.87. The minimum absolute atomic E-state index is 0.465. The van der Waals surface area contributed by atoms with Crippen molar-refractivity contribution >= 4 is 5.97 Å². The average molecular weight is 429 g/mol. The Morgan fingerprint density at radius 1 is 0.903 bits per heavy atom. The van der Waals surface area contributed by atoms with E-state index in [9.17, 15) is 9.90 Å². The van der Waals surface area contributed by atoms with Crippen LogP contribution in [0.2, 0.25) is 0 Å². The number of carboxylic acids is 1. The van der Waals surface area contributed by atoms with Crippen LogP contribution in [0.5, 0.6) is 5.75 Å².